The summed E-state index contributed by atoms with van der Waals surface area (Å²) in [5.74, 6) is 1.25. The molecule has 0 radical (unpaired) electrons. The summed E-state index contributed by atoms with van der Waals surface area (Å²) in [4.78, 5) is 21.7. The molecule has 0 saturated carbocycles. The first-order chi connectivity index (χ1) is 8.63. The second kappa shape index (κ2) is 5.51. The van der Waals surface area contributed by atoms with Gasteiger partial charge in [0.05, 0.1) is 5.92 Å². The van der Waals surface area contributed by atoms with Crippen LogP contribution < -0.4 is 16.0 Å². The van der Waals surface area contributed by atoms with E-state index in [9.17, 15) is 4.79 Å². The number of nitrogens with zero attached hydrogens (tertiary/aromatic N) is 3. The molecule has 98 valence electrons. The topological polar surface area (TPSA) is 84.1 Å². The van der Waals surface area contributed by atoms with E-state index in [0.717, 1.165) is 35.6 Å². The fraction of sp³-hybridized carbons (Fsp3) is 0.545. The molecule has 7 heteroatoms. The molecule has 1 saturated heterocycles. The van der Waals surface area contributed by atoms with E-state index in [-0.39, 0.29) is 11.8 Å². The number of anilines is 2. The molecule has 18 heavy (non-hydrogen) atoms. The molecule has 1 aliphatic heterocycles. The van der Waals surface area contributed by atoms with Crippen molar-refractivity contribution in [3.8, 4) is 0 Å². The molecule has 1 aliphatic rings. The third-order valence-corrected chi connectivity index (χ3v) is 3.74. The molecular weight excluding hydrogens is 298 g/mol. The van der Waals surface area contributed by atoms with Crippen molar-refractivity contribution >= 4 is 33.5 Å². The van der Waals surface area contributed by atoms with Crippen molar-refractivity contribution in [1.82, 2.24) is 9.97 Å². The predicted molar refractivity (Wildman–Crippen MR) is 73.4 cm³/mol. The highest BCUT2D eigenvalue weighted by Crippen LogP contribution is 2.32. The Morgan fingerprint density at radius 1 is 1.67 bits per heavy atom. The van der Waals surface area contributed by atoms with E-state index >= 15 is 0 Å². The van der Waals surface area contributed by atoms with Gasteiger partial charge in [0.15, 0.2) is 0 Å². The summed E-state index contributed by atoms with van der Waals surface area (Å²) in [5.41, 5.74) is 5.33. The Morgan fingerprint density at radius 2 is 2.44 bits per heavy atom. The van der Waals surface area contributed by atoms with Gasteiger partial charge in [-0.15, -0.1) is 0 Å². The summed E-state index contributed by atoms with van der Waals surface area (Å²) >= 11 is 3.50. The average molecular weight is 314 g/mol. The van der Waals surface area contributed by atoms with Crippen LogP contribution in [0.25, 0.3) is 0 Å². The lowest BCUT2D eigenvalue weighted by molar-refractivity contribution is -0.121. The summed E-state index contributed by atoms with van der Waals surface area (Å²) in [7, 11) is 0. The van der Waals surface area contributed by atoms with Crippen LogP contribution in [0.5, 0.6) is 0 Å². The molecule has 1 atom stereocenters. The fourth-order valence-corrected chi connectivity index (χ4v) is 2.65. The van der Waals surface area contributed by atoms with Crippen molar-refractivity contribution < 1.29 is 4.79 Å². The van der Waals surface area contributed by atoms with Crippen molar-refractivity contribution in [2.75, 3.05) is 29.9 Å². The van der Waals surface area contributed by atoms with Gasteiger partial charge in [-0.05, 0) is 29.3 Å². The number of halogens is 1. The monoisotopic (exact) mass is 313 g/mol. The van der Waals surface area contributed by atoms with E-state index in [1.807, 2.05) is 6.92 Å². The summed E-state index contributed by atoms with van der Waals surface area (Å²) in [5, 5.41) is 3.16. The van der Waals surface area contributed by atoms with Gasteiger partial charge < -0.3 is 16.0 Å². The number of nitrogens with two attached hydrogens (primary N) is 1. The zero-order valence-electron chi connectivity index (χ0n) is 10.2. The Labute approximate surface area is 114 Å². The van der Waals surface area contributed by atoms with Crippen LogP contribution in [0.1, 0.15) is 13.3 Å². The Morgan fingerprint density at radius 3 is 3.06 bits per heavy atom. The number of hydrogen-bond acceptors (Lipinski definition) is 5. The van der Waals surface area contributed by atoms with Gasteiger partial charge in [-0.2, -0.15) is 0 Å². The van der Waals surface area contributed by atoms with E-state index in [1.165, 1.54) is 6.33 Å². The number of aromatic nitrogens is 2. The first kappa shape index (κ1) is 13.1. The maximum Gasteiger partial charge on any atom is 0.222 e. The van der Waals surface area contributed by atoms with E-state index in [1.54, 1.807) is 0 Å². The van der Waals surface area contributed by atoms with Crippen LogP contribution in [0.2, 0.25) is 0 Å². The first-order valence-corrected chi connectivity index (χ1v) is 6.71. The van der Waals surface area contributed by atoms with Crippen molar-refractivity contribution in [2.24, 2.45) is 11.7 Å². The molecular formula is C11H16BrN5O. The highest BCUT2D eigenvalue weighted by molar-refractivity contribution is 9.10. The molecule has 0 aromatic carbocycles. The van der Waals surface area contributed by atoms with Crippen LogP contribution in [0.15, 0.2) is 10.8 Å². The largest absolute Gasteiger partial charge is 0.369 e. The van der Waals surface area contributed by atoms with E-state index in [4.69, 9.17) is 5.73 Å². The zero-order valence-corrected chi connectivity index (χ0v) is 11.8. The van der Waals surface area contributed by atoms with Crippen LogP contribution in [0.3, 0.4) is 0 Å². The summed E-state index contributed by atoms with van der Waals surface area (Å²) in [6.07, 6.45) is 2.30. The maximum atomic E-state index is 11.2. The number of primary amides is 1. The molecule has 0 spiro atoms. The van der Waals surface area contributed by atoms with Crippen LogP contribution in [0, 0.1) is 5.92 Å². The Bertz CT molecular complexity index is 453. The quantitative estimate of drug-likeness (QED) is 0.865. The van der Waals surface area contributed by atoms with Crippen LogP contribution in [0.4, 0.5) is 11.6 Å². The fourth-order valence-electron chi connectivity index (χ4n) is 2.06. The van der Waals surface area contributed by atoms with E-state index in [2.05, 4.69) is 36.1 Å². The van der Waals surface area contributed by atoms with Crippen LogP contribution >= 0.6 is 15.9 Å². The van der Waals surface area contributed by atoms with Gasteiger partial charge in [0.1, 0.15) is 22.4 Å². The lowest BCUT2D eigenvalue weighted by Gasteiger charge is -2.19. The molecule has 1 fully saturated rings. The highest BCUT2D eigenvalue weighted by Gasteiger charge is 2.29. The Hall–Kier alpha value is -1.37. The molecule has 2 rings (SSSR count). The van der Waals surface area contributed by atoms with Crippen molar-refractivity contribution in [2.45, 2.75) is 13.3 Å². The standard InChI is InChI=1S/C11H16BrN5O/c1-2-14-10-8(12)11(16-6-15-10)17-4-3-7(5-17)9(13)18/h6-7H,2-5H2,1H3,(H2,13,18)(H,14,15,16). The normalized spacial score (nSPS) is 19.0. The molecule has 1 amide bonds. The van der Waals surface area contributed by atoms with Crippen LogP contribution in [-0.2, 0) is 4.79 Å². The lowest BCUT2D eigenvalue weighted by atomic mass is 10.1. The lowest BCUT2D eigenvalue weighted by Crippen LogP contribution is -2.28. The Kier molecular flexibility index (Phi) is 4.00. The number of amides is 1. The molecule has 0 aliphatic carbocycles. The van der Waals surface area contributed by atoms with Gasteiger partial charge >= 0.3 is 0 Å². The molecule has 0 bridgehead atoms. The molecule has 1 aromatic rings. The van der Waals surface area contributed by atoms with Gasteiger partial charge in [0.2, 0.25) is 5.91 Å². The van der Waals surface area contributed by atoms with Gasteiger partial charge in [0, 0.05) is 19.6 Å². The van der Waals surface area contributed by atoms with Crippen molar-refractivity contribution in [3.63, 3.8) is 0 Å². The van der Waals surface area contributed by atoms with Crippen LogP contribution in [-0.4, -0.2) is 35.5 Å². The molecule has 3 N–H and O–H groups in total. The van der Waals surface area contributed by atoms with Crippen molar-refractivity contribution in [3.05, 3.63) is 10.8 Å². The second-order valence-electron chi connectivity index (χ2n) is 4.22. The van der Waals surface area contributed by atoms with E-state index in [0.29, 0.717) is 6.54 Å². The number of nitrogens with one attached hydrogen (secondary N) is 1. The predicted octanol–water partition coefficient (Wildman–Crippen LogP) is 0.982. The molecule has 1 aromatic heterocycles. The minimum atomic E-state index is -0.241. The summed E-state index contributed by atoms with van der Waals surface area (Å²) in [6, 6.07) is 0. The summed E-state index contributed by atoms with van der Waals surface area (Å²) in [6.45, 7) is 4.21. The minimum Gasteiger partial charge on any atom is -0.369 e. The second-order valence-corrected chi connectivity index (χ2v) is 5.02. The molecule has 1 unspecified atom stereocenters. The number of carbonyl (C=O) groups is 1. The number of carbonyl (C=O) groups excluding carboxylic acids is 1. The minimum absolute atomic E-state index is 0.0885. The number of rotatable bonds is 4. The number of hydrogen-bond donors (Lipinski definition) is 2. The van der Waals surface area contributed by atoms with Crippen molar-refractivity contribution in [1.29, 1.82) is 0 Å². The zero-order chi connectivity index (χ0) is 13.1. The third-order valence-electron chi connectivity index (χ3n) is 3.01. The average Bonchev–Trinajstić information content (AvgIpc) is 2.81. The first-order valence-electron chi connectivity index (χ1n) is 5.92. The van der Waals surface area contributed by atoms with Gasteiger partial charge in [-0.3, -0.25) is 4.79 Å². The Balaban J connectivity index is 2.19. The highest BCUT2D eigenvalue weighted by atomic mass is 79.9. The smallest absolute Gasteiger partial charge is 0.222 e. The van der Waals surface area contributed by atoms with Gasteiger partial charge in [-0.25, -0.2) is 9.97 Å². The maximum absolute atomic E-state index is 11.2. The van der Waals surface area contributed by atoms with E-state index < -0.39 is 0 Å². The SMILES string of the molecule is CCNc1ncnc(N2CCC(C(N)=O)C2)c1Br. The van der Waals surface area contributed by atoms with Gasteiger partial charge in [0.25, 0.3) is 0 Å². The third kappa shape index (κ3) is 2.55. The summed E-state index contributed by atoms with van der Waals surface area (Å²) < 4.78 is 0.831. The van der Waals surface area contributed by atoms with Gasteiger partial charge in [-0.1, -0.05) is 0 Å². The molecule has 2 heterocycles. The molecule has 6 nitrogen and oxygen atoms in total.